The van der Waals surface area contributed by atoms with Crippen molar-refractivity contribution in [2.45, 2.75) is 32.4 Å². The van der Waals surface area contributed by atoms with Gasteiger partial charge in [0.1, 0.15) is 0 Å². The molecule has 0 saturated carbocycles. The first kappa shape index (κ1) is 16.1. The maximum atomic E-state index is 12.0. The highest BCUT2D eigenvalue weighted by atomic mass is 16.2. The van der Waals surface area contributed by atoms with E-state index in [-0.39, 0.29) is 18.0 Å². The Morgan fingerprint density at radius 3 is 2.42 bits per heavy atom. The number of fused-ring (bicyclic) bond motifs is 1. The van der Waals surface area contributed by atoms with Crippen molar-refractivity contribution in [2.24, 2.45) is 5.73 Å². The summed E-state index contributed by atoms with van der Waals surface area (Å²) in [5.74, 6) is -0.380. The van der Waals surface area contributed by atoms with Crippen LogP contribution in [0.2, 0.25) is 0 Å². The summed E-state index contributed by atoms with van der Waals surface area (Å²) >= 11 is 0. The van der Waals surface area contributed by atoms with Crippen molar-refractivity contribution in [3.05, 3.63) is 59.7 Å². The quantitative estimate of drug-likeness (QED) is 0.911. The topological polar surface area (TPSA) is 75.4 Å². The zero-order valence-corrected chi connectivity index (χ0v) is 13.8. The Morgan fingerprint density at radius 1 is 1.12 bits per heavy atom. The van der Waals surface area contributed by atoms with E-state index in [4.69, 9.17) is 5.73 Å². The van der Waals surface area contributed by atoms with Crippen LogP contribution < -0.4 is 16.0 Å². The number of amides is 2. The lowest BCUT2D eigenvalue weighted by Crippen LogP contribution is -2.43. The normalized spacial score (nSPS) is 19.5. The van der Waals surface area contributed by atoms with Crippen molar-refractivity contribution >= 4 is 23.2 Å². The lowest BCUT2D eigenvalue weighted by molar-refractivity contribution is -0.117. The molecule has 0 bridgehead atoms. The number of nitrogens with zero attached hydrogens (tertiary/aromatic N) is 1. The molecule has 2 amide bonds. The van der Waals surface area contributed by atoms with Gasteiger partial charge in [0.2, 0.25) is 11.8 Å². The first-order chi connectivity index (χ1) is 11.5. The minimum absolute atomic E-state index is 0.0548. The van der Waals surface area contributed by atoms with Crippen molar-refractivity contribution in [1.29, 1.82) is 0 Å². The van der Waals surface area contributed by atoms with Gasteiger partial charge in [-0.2, -0.15) is 0 Å². The summed E-state index contributed by atoms with van der Waals surface area (Å²) in [7, 11) is 0. The molecule has 1 aliphatic rings. The SMILES string of the molecule is CC(=O)N1c2ccccc2[C@H](Nc2ccc(C(N)=O)cc2)C[C@@H]1C. The van der Waals surface area contributed by atoms with E-state index >= 15 is 0 Å². The fraction of sp³-hybridized carbons (Fsp3) is 0.263. The molecular formula is C19H21N3O2. The fourth-order valence-corrected chi connectivity index (χ4v) is 3.36. The molecule has 0 saturated heterocycles. The molecule has 0 aromatic heterocycles. The third kappa shape index (κ3) is 2.97. The van der Waals surface area contributed by atoms with Crippen LogP contribution in [-0.2, 0) is 4.79 Å². The Morgan fingerprint density at radius 2 is 1.79 bits per heavy atom. The summed E-state index contributed by atoms with van der Waals surface area (Å²) in [4.78, 5) is 25.0. The number of carbonyl (C=O) groups is 2. The third-order valence-electron chi connectivity index (χ3n) is 4.44. The summed E-state index contributed by atoms with van der Waals surface area (Å²) in [5, 5.41) is 3.50. The Balaban J connectivity index is 1.90. The van der Waals surface area contributed by atoms with E-state index in [0.717, 1.165) is 23.4 Å². The van der Waals surface area contributed by atoms with Gasteiger partial charge in [-0.3, -0.25) is 9.59 Å². The maximum Gasteiger partial charge on any atom is 0.248 e. The second-order valence-corrected chi connectivity index (χ2v) is 6.17. The van der Waals surface area contributed by atoms with Crippen LogP contribution in [0.25, 0.3) is 0 Å². The molecule has 1 heterocycles. The lowest BCUT2D eigenvalue weighted by atomic mass is 9.91. The van der Waals surface area contributed by atoms with Crippen molar-refractivity contribution in [3.8, 4) is 0 Å². The highest BCUT2D eigenvalue weighted by molar-refractivity contribution is 5.94. The average Bonchev–Trinajstić information content (AvgIpc) is 2.55. The molecular weight excluding hydrogens is 302 g/mol. The molecule has 5 nitrogen and oxygen atoms in total. The summed E-state index contributed by atoms with van der Waals surface area (Å²) in [6, 6.07) is 15.3. The Kier molecular flexibility index (Phi) is 4.25. The van der Waals surface area contributed by atoms with Gasteiger partial charge in [0.15, 0.2) is 0 Å². The standard InChI is InChI=1S/C19H21N3O2/c1-12-11-17(21-15-9-7-14(8-10-15)19(20)24)16-5-3-4-6-18(16)22(12)13(2)23/h3-10,12,17,21H,11H2,1-2H3,(H2,20,24)/t12-,17+/m0/s1. The van der Waals surface area contributed by atoms with Gasteiger partial charge in [-0.25, -0.2) is 0 Å². The predicted octanol–water partition coefficient (Wildman–Crippen LogP) is 3.08. The van der Waals surface area contributed by atoms with Crippen LogP contribution in [0.5, 0.6) is 0 Å². The predicted molar refractivity (Wildman–Crippen MR) is 95.0 cm³/mol. The molecule has 0 aliphatic carbocycles. The van der Waals surface area contributed by atoms with E-state index in [1.54, 1.807) is 19.1 Å². The van der Waals surface area contributed by atoms with E-state index in [0.29, 0.717) is 5.56 Å². The molecule has 0 fully saturated rings. The van der Waals surface area contributed by atoms with Crippen LogP contribution in [-0.4, -0.2) is 17.9 Å². The molecule has 24 heavy (non-hydrogen) atoms. The van der Waals surface area contributed by atoms with Gasteiger partial charge in [0, 0.05) is 29.9 Å². The van der Waals surface area contributed by atoms with Gasteiger partial charge in [-0.15, -0.1) is 0 Å². The van der Waals surface area contributed by atoms with Crippen LogP contribution in [0.4, 0.5) is 11.4 Å². The Bertz CT molecular complexity index is 770. The highest BCUT2D eigenvalue weighted by Crippen LogP contribution is 2.38. The highest BCUT2D eigenvalue weighted by Gasteiger charge is 2.31. The van der Waals surface area contributed by atoms with E-state index < -0.39 is 5.91 Å². The van der Waals surface area contributed by atoms with E-state index in [1.807, 2.05) is 41.3 Å². The minimum atomic E-state index is -0.435. The number of benzene rings is 2. The molecule has 2 atom stereocenters. The van der Waals surface area contributed by atoms with E-state index in [9.17, 15) is 9.59 Å². The third-order valence-corrected chi connectivity index (χ3v) is 4.44. The zero-order valence-electron chi connectivity index (χ0n) is 13.8. The van der Waals surface area contributed by atoms with Crippen molar-refractivity contribution < 1.29 is 9.59 Å². The van der Waals surface area contributed by atoms with Crippen LogP contribution in [0, 0.1) is 0 Å². The summed E-state index contributed by atoms with van der Waals surface area (Å²) in [6.45, 7) is 3.66. The second kappa shape index (κ2) is 6.35. The monoisotopic (exact) mass is 323 g/mol. The van der Waals surface area contributed by atoms with Crippen molar-refractivity contribution in [1.82, 2.24) is 0 Å². The largest absolute Gasteiger partial charge is 0.378 e. The van der Waals surface area contributed by atoms with Gasteiger partial charge in [-0.05, 0) is 49.2 Å². The molecule has 0 radical (unpaired) electrons. The second-order valence-electron chi connectivity index (χ2n) is 6.17. The van der Waals surface area contributed by atoms with Crippen molar-refractivity contribution in [3.63, 3.8) is 0 Å². The Labute approximate surface area is 141 Å². The minimum Gasteiger partial charge on any atom is -0.378 e. The summed E-state index contributed by atoms with van der Waals surface area (Å²) in [6.07, 6.45) is 0.814. The molecule has 0 spiro atoms. The number of primary amides is 1. The number of hydrogen-bond acceptors (Lipinski definition) is 3. The van der Waals surface area contributed by atoms with Gasteiger partial charge >= 0.3 is 0 Å². The van der Waals surface area contributed by atoms with Gasteiger partial charge < -0.3 is 16.0 Å². The van der Waals surface area contributed by atoms with E-state index in [2.05, 4.69) is 12.2 Å². The molecule has 2 aromatic rings. The van der Waals surface area contributed by atoms with Gasteiger partial charge in [-0.1, -0.05) is 18.2 Å². The fourth-order valence-electron chi connectivity index (χ4n) is 3.36. The zero-order chi connectivity index (χ0) is 17.3. The number of rotatable bonds is 3. The smallest absolute Gasteiger partial charge is 0.248 e. The Hall–Kier alpha value is -2.82. The first-order valence-corrected chi connectivity index (χ1v) is 8.02. The molecule has 3 rings (SSSR count). The maximum absolute atomic E-state index is 12.0. The number of hydrogen-bond donors (Lipinski definition) is 2. The number of carbonyl (C=O) groups excluding carboxylic acids is 2. The number of nitrogens with one attached hydrogen (secondary N) is 1. The molecule has 5 heteroatoms. The molecule has 1 aliphatic heterocycles. The molecule has 3 N–H and O–H groups in total. The lowest BCUT2D eigenvalue weighted by Gasteiger charge is -2.39. The van der Waals surface area contributed by atoms with Gasteiger partial charge in [0.25, 0.3) is 0 Å². The van der Waals surface area contributed by atoms with Crippen LogP contribution in [0.1, 0.15) is 42.2 Å². The van der Waals surface area contributed by atoms with Crippen molar-refractivity contribution in [2.75, 3.05) is 10.2 Å². The summed E-state index contributed by atoms with van der Waals surface area (Å²) in [5.41, 5.74) is 8.74. The summed E-state index contributed by atoms with van der Waals surface area (Å²) < 4.78 is 0. The van der Waals surface area contributed by atoms with Crippen LogP contribution in [0.15, 0.2) is 48.5 Å². The van der Waals surface area contributed by atoms with Gasteiger partial charge in [0.05, 0.1) is 6.04 Å². The molecule has 2 aromatic carbocycles. The first-order valence-electron chi connectivity index (χ1n) is 8.02. The van der Waals surface area contributed by atoms with Crippen LogP contribution >= 0.6 is 0 Å². The number of anilines is 2. The average molecular weight is 323 g/mol. The van der Waals surface area contributed by atoms with E-state index in [1.165, 1.54) is 0 Å². The molecule has 0 unspecified atom stereocenters. The molecule has 124 valence electrons. The number of nitrogens with two attached hydrogens (primary N) is 1. The van der Waals surface area contributed by atoms with Crippen LogP contribution in [0.3, 0.4) is 0 Å². The number of para-hydroxylation sites is 1.